The topological polar surface area (TPSA) is 50.2 Å². The van der Waals surface area contributed by atoms with Gasteiger partial charge in [0.1, 0.15) is 0 Å². The number of rotatable bonds is 5. The molecule has 2 rings (SSSR count). The van der Waals surface area contributed by atoms with E-state index in [2.05, 4.69) is 11.9 Å². The van der Waals surface area contributed by atoms with Crippen LogP contribution in [0.4, 0.5) is 0 Å². The zero-order valence-electron chi connectivity index (χ0n) is 11.0. The van der Waals surface area contributed by atoms with Crippen LogP contribution >= 0.6 is 0 Å². The highest BCUT2D eigenvalue weighted by atomic mass is 16.4. The number of carboxylic acids is 1. The Morgan fingerprint density at radius 1 is 1.21 bits per heavy atom. The number of hydrogen-bond acceptors (Lipinski definition) is 2. The van der Waals surface area contributed by atoms with Crippen LogP contribution in [-0.2, 0) is 6.42 Å². The fourth-order valence-corrected chi connectivity index (χ4v) is 2.14. The highest BCUT2D eigenvalue weighted by molar-refractivity contribution is 5.91. The van der Waals surface area contributed by atoms with Gasteiger partial charge in [-0.05, 0) is 24.5 Å². The first-order valence-electron chi connectivity index (χ1n) is 6.50. The van der Waals surface area contributed by atoms with Crippen molar-refractivity contribution in [2.75, 3.05) is 0 Å². The largest absolute Gasteiger partial charge is 0.478 e. The molecule has 0 aliphatic rings. The summed E-state index contributed by atoms with van der Waals surface area (Å²) in [5.74, 6) is -0.884. The fourth-order valence-electron chi connectivity index (χ4n) is 2.14. The fraction of sp³-hybridized carbons (Fsp3) is 0.250. The molecule has 0 atom stereocenters. The number of carboxylic acid groups (broad SMARTS) is 1. The second kappa shape index (κ2) is 6.14. The quantitative estimate of drug-likeness (QED) is 0.884. The Morgan fingerprint density at radius 2 is 1.95 bits per heavy atom. The van der Waals surface area contributed by atoms with Crippen molar-refractivity contribution in [2.24, 2.45) is 0 Å². The smallest absolute Gasteiger partial charge is 0.336 e. The molecule has 0 saturated heterocycles. The number of unbranched alkanes of at least 4 members (excludes halogenated alkanes) is 1. The van der Waals surface area contributed by atoms with E-state index in [-0.39, 0.29) is 0 Å². The molecule has 0 aliphatic heterocycles. The molecule has 0 amide bonds. The molecule has 2 aromatic rings. The molecule has 0 bridgehead atoms. The van der Waals surface area contributed by atoms with Gasteiger partial charge in [0.25, 0.3) is 0 Å². The van der Waals surface area contributed by atoms with Crippen LogP contribution in [0.15, 0.2) is 42.6 Å². The summed E-state index contributed by atoms with van der Waals surface area (Å²) in [6.07, 6.45) is 4.31. The molecule has 0 radical (unpaired) electrons. The maximum atomic E-state index is 11.3. The van der Waals surface area contributed by atoms with E-state index in [1.807, 2.05) is 30.3 Å². The minimum Gasteiger partial charge on any atom is -0.478 e. The molecular formula is C16H17NO2. The SMILES string of the molecule is CCCCc1c(C(=O)O)ccnc1-c1ccccc1. The van der Waals surface area contributed by atoms with Gasteiger partial charge in [-0.2, -0.15) is 0 Å². The minimum absolute atomic E-state index is 0.363. The summed E-state index contributed by atoms with van der Waals surface area (Å²) in [6.45, 7) is 2.10. The van der Waals surface area contributed by atoms with Gasteiger partial charge in [-0.25, -0.2) is 4.79 Å². The monoisotopic (exact) mass is 255 g/mol. The molecule has 1 aromatic carbocycles. The molecule has 1 heterocycles. The lowest BCUT2D eigenvalue weighted by molar-refractivity contribution is 0.0695. The summed E-state index contributed by atoms with van der Waals surface area (Å²) in [6, 6.07) is 11.3. The summed E-state index contributed by atoms with van der Waals surface area (Å²) in [7, 11) is 0. The zero-order chi connectivity index (χ0) is 13.7. The maximum Gasteiger partial charge on any atom is 0.336 e. The number of pyridine rings is 1. The van der Waals surface area contributed by atoms with E-state index in [4.69, 9.17) is 0 Å². The van der Waals surface area contributed by atoms with Gasteiger partial charge < -0.3 is 5.11 Å². The van der Waals surface area contributed by atoms with Crippen molar-refractivity contribution < 1.29 is 9.90 Å². The van der Waals surface area contributed by atoms with Crippen LogP contribution in [0.3, 0.4) is 0 Å². The van der Waals surface area contributed by atoms with Crippen molar-refractivity contribution in [3.8, 4) is 11.3 Å². The van der Waals surface area contributed by atoms with Gasteiger partial charge in [0.05, 0.1) is 11.3 Å². The predicted octanol–water partition coefficient (Wildman–Crippen LogP) is 3.79. The van der Waals surface area contributed by atoms with Gasteiger partial charge in [-0.3, -0.25) is 4.98 Å². The average molecular weight is 255 g/mol. The summed E-state index contributed by atoms with van der Waals surface area (Å²) in [4.78, 5) is 15.7. The first-order valence-corrected chi connectivity index (χ1v) is 6.50. The van der Waals surface area contributed by atoms with Gasteiger partial charge in [0.15, 0.2) is 0 Å². The molecule has 0 spiro atoms. The van der Waals surface area contributed by atoms with Gasteiger partial charge >= 0.3 is 5.97 Å². The third kappa shape index (κ3) is 2.99. The summed E-state index contributed by atoms with van der Waals surface area (Å²) in [5.41, 5.74) is 2.95. The van der Waals surface area contributed by atoms with Gasteiger partial charge in [-0.15, -0.1) is 0 Å². The molecule has 0 aliphatic carbocycles. The third-order valence-electron chi connectivity index (χ3n) is 3.11. The van der Waals surface area contributed by atoms with Gasteiger partial charge in [0, 0.05) is 11.8 Å². The Balaban J connectivity index is 2.53. The van der Waals surface area contributed by atoms with E-state index in [9.17, 15) is 9.90 Å². The molecule has 1 N–H and O–H groups in total. The number of hydrogen-bond donors (Lipinski definition) is 1. The van der Waals surface area contributed by atoms with Crippen LogP contribution in [0.5, 0.6) is 0 Å². The molecule has 19 heavy (non-hydrogen) atoms. The summed E-state index contributed by atoms with van der Waals surface area (Å²) < 4.78 is 0. The Morgan fingerprint density at radius 3 is 2.58 bits per heavy atom. The average Bonchev–Trinajstić information content (AvgIpc) is 2.45. The third-order valence-corrected chi connectivity index (χ3v) is 3.11. The molecule has 1 aromatic heterocycles. The number of aromatic carboxylic acids is 1. The van der Waals surface area contributed by atoms with E-state index < -0.39 is 5.97 Å². The number of nitrogens with zero attached hydrogens (tertiary/aromatic N) is 1. The Hall–Kier alpha value is -2.16. The second-order valence-electron chi connectivity index (χ2n) is 4.46. The number of aromatic nitrogens is 1. The van der Waals surface area contributed by atoms with E-state index in [1.165, 1.54) is 0 Å². The Labute approximate surface area is 112 Å². The highest BCUT2D eigenvalue weighted by Crippen LogP contribution is 2.25. The Bertz CT molecular complexity index is 564. The van der Waals surface area contributed by atoms with Crippen molar-refractivity contribution >= 4 is 5.97 Å². The molecule has 0 saturated carbocycles. The van der Waals surface area contributed by atoms with E-state index in [1.54, 1.807) is 12.3 Å². The molecule has 98 valence electrons. The van der Waals surface area contributed by atoms with Gasteiger partial charge in [-0.1, -0.05) is 43.7 Å². The molecule has 0 fully saturated rings. The Kier molecular flexibility index (Phi) is 4.29. The van der Waals surface area contributed by atoms with Crippen molar-refractivity contribution in [1.29, 1.82) is 0 Å². The van der Waals surface area contributed by atoms with Crippen molar-refractivity contribution in [3.05, 3.63) is 53.7 Å². The summed E-state index contributed by atoms with van der Waals surface area (Å²) >= 11 is 0. The zero-order valence-corrected chi connectivity index (χ0v) is 11.0. The number of carbonyl (C=O) groups is 1. The van der Waals surface area contributed by atoms with Crippen LogP contribution in [-0.4, -0.2) is 16.1 Å². The van der Waals surface area contributed by atoms with Crippen LogP contribution in [0.2, 0.25) is 0 Å². The van der Waals surface area contributed by atoms with Crippen LogP contribution in [0.25, 0.3) is 11.3 Å². The van der Waals surface area contributed by atoms with Crippen LogP contribution < -0.4 is 0 Å². The van der Waals surface area contributed by atoms with E-state index in [0.29, 0.717) is 5.56 Å². The maximum absolute atomic E-state index is 11.3. The van der Waals surface area contributed by atoms with Crippen molar-refractivity contribution in [1.82, 2.24) is 4.98 Å². The predicted molar refractivity (Wildman–Crippen MR) is 75.2 cm³/mol. The van der Waals surface area contributed by atoms with Crippen LogP contribution in [0.1, 0.15) is 35.7 Å². The lowest BCUT2D eigenvalue weighted by Crippen LogP contribution is -2.06. The number of benzene rings is 1. The molecule has 0 unspecified atom stereocenters. The molecular weight excluding hydrogens is 238 g/mol. The summed E-state index contributed by atoms with van der Waals surface area (Å²) in [5, 5.41) is 9.31. The van der Waals surface area contributed by atoms with Crippen molar-refractivity contribution in [3.63, 3.8) is 0 Å². The standard InChI is InChI=1S/C16H17NO2/c1-2-3-9-13-14(16(18)19)10-11-17-15(13)12-7-5-4-6-8-12/h4-8,10-11H,2-3,9H2,1H3,(H,18,19). The highest BCUT2D eigenvalue weighted by Gasteiger charge is 2.15. The normalized spacial score (nSPS) is 10.4. The van der Waals surface area contributed by atoms with Crippen molar-refractivity contribution in [2.45, 2.75) is 26.2 Å². The first kappa shape index (κ1) is 13.3. The van der Waals surface area contributed by atoms with E-state index >= 15 is 0 Å². The molecule has 3 heteroatoms. The van der Waals surface area contributed by atoms with Crippen LogP contribution in [0, 0.1) is 0 Å². The lowest BCUT2D eigenvalue weighted by Gasteiger charge is -2.11. The minimum atomic E-state index is -0.884. The molecule has 3 nitrogen and oxygen atoms in total. The van der Waals surface area contributed by atoms with E-state index in [0.717, 1.165) is 36.1 Å². The van der Waals surface area contributed by atoms with Gasteiger partial charge in [0.2, 0.25) is 0 Å². The second-order valence-corrected chi connectivity index (χ2v) is 4.46. The lowest BCUT2D eigenvalue weighted by atomic mass is 9.97. The first-order chi connectivity index (χ1) is 9.24.